The fraction of sp³-hybridized carbons (Fsp3) is 0.333. The maximum Gasteiger partial charge on any atom is 0.341 e. The van der Waals surface area contributed by atoms with Gasteiger partial charge in [0.25, 0.3) is 0 Å². The number of aromatic carboxylic acids is 1. The number of hydrogen-bond acceptors (Lipinski definition) is 2. The summed E-state index contributed by atoms with van der Waals surface area (Å²) in [5.41, 5.74) is 1.07. The van der Waals surface area contributed by atoms with Crippen molar-refractivity contribution >= 4 is 5.97 Å². The van der Waals surface area contributed by atoms with Gasteiger partial charge in [-0.05, 0) is 12.0 Å². The van der Waals surface area contributed by atoms with Gasteiger partial charge in [-0.3, -0.25) is 4.79 Å². The van der Waals surface area contributed by atoms with Gasteiger partial charge in [0.2, 0.25) is 0 Å². The molecule has 4 nitrogen and oxygen atoms in total. The first-order chi connectivity index (χ1) is 10.6. The zero-order valence-corrected chi connectivity index (χ0v) is 12.8. The molecule has 0 radical (unpaired) electrons. The fourth-order valence-corrected chi connectivity index (χ4v) is 2.49. The van der Waals surface area contributed by atoms with Crippen LogP contribution in [0.3, 0.4) is 0 Å². The molecule has 1 N–H and O–H groups in total. The number of unbranched alkanes of at least 4 members (excludes halogenated alkanes) is 3. The lowest BCUT2D eigenvalue weighted by molar-refractivity contribution is 0.0694. The van der Waals surface area contributed by atoms with E-state index in [1.165, 1.54) is 12.3 Å². The molecule has 116 valence electrons. The molecule has 0 unspecified atom stereocenters. The fourth-order valence-electron chi connectivity index (χ4n) is 2.49. The smallest absolute Gasteiger partial charge is 0.341 e. The highest BCUT2D eigenvalue weighted by atomic mass is 16.4. The third kappa shape index (κ3) is 3.85. The van der Waals surface area contributed by atoms with E-state index in [2.05, 4.69) is 6.92 Å². The summed E-state index contributed by atoms with van der Waals surface area (Å²) < 4.78 is 1.88. The van der Waals surface area contributed by atoms with Crippen LogP contribution in [0.5, 0.6) is 0 Å². The van der Waals surface area contributed by atoms with Gasteiger partial charge in [0.15, 0.2) is 5.43 Å². The molecule has 0 aliphatic rings. The molecule has 0 atom stereocenters. The van der Waals surface area contributed by atoms with Crippen LogP contribution in [0.1, 0.15) is 43.0 Å². The van der Waals surface area contributed by atoms with E-state index in [-0.39, 0.29) is 5.56 Å². The summed E-state index contributed by atoms with van der Waals surface area (Å²) in [4.78, 5) is 23.2. The van der Waals surface area contributed by atoms with Crippen molar-refractivity contribution in [2.45, 2.75) is 39.2 Å². The number of carboxylic acid groups (broad SMARTS) is 1. The summed E-state index contributed by atoms with van der Waals surface area (Å²) >= 11 is 0. The zero-order chi connectivity index (χ0) is 15.9. The van der Waals surface area contributed by atoms with Crippen LogP contribution in [-0.2, 0) is 6.54 Å². The first-order valence-electron chi connectivity index (χ1n) is 7.66. The van der Waals surface area contributed by atoms with Crippen molar-refractivity contribution in [1.29, 1.82) is 0 Å². The number of hydrogen-bond donors (Lipinski definition) is 1. The summed E-state index contributed by atoms with van der Waals surface area (Å²) in [6.07, 6.45) is 5.84. The van der Waals surface area contributed by atoms with E-state index in [1.807, 2.05) is 34.9 Å². The van der Waals surface area contributed by atoms with Crippen molar-refractivity contribution in [2.24, 2.45) is 0 Å². The Morgan fingerprint density at radius 1 is 1.14 bits per heavy atom. The molecule has 1 heterocycles. The molecule has 1 aromatic carbocycles. The summed E-state index contributed by atoms with van der Waals surface area (Å²) in [5.74, 6) is -1.17. The molecular formula is C18H21NO3. The quantitative estimate of drug-likeness (QED) is 0.791. The second kappa shape index (κ2) is 7.59. The maximum atomic E-state index is 12.0. The zero-order valence-electron chi connectivity index (χ0n) is 12.8. The van der Waals surface area contributed by atoms with Gasteiger partial charge in [-0.15, -0.1) is 0 Å². The van der Waals surface area contributed by atoms with E-state index < -0.39 is 11.4 Å². The van der Waals surface area contributed by atoms with E-state index >= 15 is 0 Å². The van der Waals surface area contributed by atoms with Gasteiger partial charge < -0.3 is 9.67 Å². The minimum absolute atomic E-state index is 0.171. The summed E-state index contributed by atoms with van der Waals surface area (Å²) in [6, 6.07) is 11.0. The molecule has 0 fully saturated rings. The Hall–Kier alpha value is -2.36. The third-order valence-electron chi connectivity index (χ3n) is 3.68. The second-order valence-electron chi connectivity index (χ2n) is 5.36. The minimum atomic E-state index is -1.17. The van der Waals surface area contributed by atoms with Crippen LogP contribution < -0.4 is 5.43 Å². The Kier molecular flexibility index (Phi) is 5.53. The SMILES string of the molecule is CCCCCCn1cc(C(=O)O)c(=O)cc1-c1ccccc1. The van der Waals surface area contributed by atoms with Crippen LogP contribution in [0, 0.1) is 0 Å². The number of pyridine rings is 1. The largest absolute Gasteiger partial charge is 0.477 e. The topological polar surface area (TPSA) is 59.3 Å². The van der Waals surface area contributed by atoms with Crippen LogP contribution in [0.2, 0.25) is 0 Å². The Bertz CT molecular complexity index is 689. The van der Waals surface area contributed by atoms with Gasteiger partial charge in [0.1, 0.15) is 5.56 Å². The predicted octanol–water partition coefficient (Wildman–Crippen LogP) is 3.79. The first kappa shape index (κ1) is 16.0. The molecule has 2 rings (SSSR count). The van der Waals surface area contributed by atoms with Gasteiger partial charge in [-0.2, -0.15) is 0 Å². The minimum Gasteiger partial charge on any atom is -0.477 e. The van der Waals surface area contributed by atoms with Crippen molar-refractivity contribution < 1.29 is 9.90 Å². The summed E-state index contributed by atoms with van der Waals surface area (Å²) in [5, 5.41) is 9.15. The van der Waals surface area contributed by atoms with E-state index in [4.69, 9.17) is 5.11 Å². The number of nitrogens with zero attached hydrogens (tertiary/aromatic N) is 1. The molecule has 0 bridgehead atoms. The molecule has 0 saturated carbocycles. The average Bonchev–Trinajstić information content (AvgIpc) is 2.53. The van der Waals surface area contributed by atoms with E-state index in [0.29, 0.717) is 6.54 Å². The summed E-state index contributed by atoms with van der Waals surface area (Å²) in [6.45, 7) is 2.86. The molecular weight excluding hydrogens is 278 g/mol. The number of aromatic nitrogens is 1. The third-order valence-corrected chi connectivity index (χ3v) is 3.68. The normalized spacial score (nSPS) is 10.6. The molecule has 2 aromatic rings. The van der Waals surface area contributed by atoms with Gasteiger partial charge in [-0.1, -0.05) is 56.5 Å². The van der Waals surface area contributed by atoms with Crippen molar-refractivity contribution in [2.75, 3.05) is 0 Å². The van der Waals surface area contributed by atoms with E-state index in [9.17, 15) is 9.59 Å². The molecule has 0 aliphatic carbocycles. The molecule has 0 aliphatic heterocycles. The van der Waals surface area contributed by atoms with Gasteiger partial charge in [0.05, 0.1) is 5.69 Å². The highest BCUT2D eigenvalue weighted by molar-refractivity contribution is 5.87. The first-order valence-corrected chi connectivity index (χ1v) is 7.66. The second-order valence-corrected chi connectivity index (χ2v) is 5.36. The Labute approximate surface area is 130 Å². The Morgan fingerprint density at radius 2 is 1.86 bits per heavy atom. The lowest BCUT2D eigenvalue weighted by Gasteiger charge is -2.14. The highest BCUT2D eigenvalue weighted by Gasteiger charge is 2.13. The van der Waals surface area contributed by atoms with Crippen molar-refractivity contribution in [3.8, 4) is 11.3 Å². The lowest BCUT2D eigenvalue weighted by atomic mass is 10.1. The summed E-state index contributed by atoms with van der Waals surface area (Å²) in [7, 11) is 0. The molecule has 0 amide bonds. The van der Waals surface area contributed by atoms with Crippen LogP contribution in [0.15, 0.2) is 47.4 Å². The monoisotopic (exact) mass is 299 g/mol. The molecule has 0 saturated heterocycles. The molecule has 1 aromatic heterocycles. The van der Waals surface area contributed by atoms with Crippen molar-refractivity contribution in [1.82, 2.24) is 4.57 Å². The van der Waals surface area contributed by atoms with Crippen LogP contribution >= 0.6 is 0 Å². The lowest BCUT2D eigenvalue weighted by Crippen LogP contribution is -2.18. The van der Waals surface area contributed by atoms with Gasteiger partial charge in [-0.25, -0.2) is 4.79 Å². The van der Waals surface area contributed by atoms with E-state index in [0.717, 1.165) is 36.9 Å². The van der Waals surface area contributed by atoms with Crippen molar-refractivity contribution in [3.63, 3.8) is 0 Å². The van der Waals surface area contributed by atoms with Crippen LogP contribution in [0.25, 0.3) is 11.3 Å². The highest BCUT2D eigenvalue weighted by Crippen LogP contribution is 2.19. The number of benzene rings is 1. The number of rotatable bonds is 7. The number of carboxylic acids is 1. The number of carbonyl (C=O) groups is 1. The van der Waals surface area contributed by atoms with Crippen LogP contribution in [0.4, 0.5) is 0 Å². The average molecular weight is 299 g/mol. The Balaban J connectivity index is 2.40. The molecule has 4 heteroatoms. The standard InChI is InChI=1S/C18H21NO3/c1-2-3-4-8-11-19-13-15(18(21)22)17(20)12-16(19)14-9-6-5-7-10-14/h5-7,9-10,12-13H,2-4,8,11H2,1H3,(H,21,22). The number of aryl methyl sites for hydroxylation is 1. The van der Waals surface area contributed by atoms with E-state index in [1.54, 1.807) is 0 Å². The predicted molar refractivity (Wildman–Crippen MR) is 87.2 cm³/mol. The Morgan fingerprint density at radius 3 is 2.50 bits per heavy atom. The van der Waals surface area contributed by atoms with Gasteiger partial charge in [0, 0.05) is 18.8 Å². The van der Waals surface area contributed by atoms with Crippen molar-refractivity contribution in [3.05, 3.63) is 58.4 Å². The van der Waals surface area contributed by atoms with Gasteiger partial charge >= 0.3 is 5.97 Å². The van der Waals surface area contributed by atoms with Crippen LogP contribution in [-0.4, -0.2) is 15.6 Å². The molecule has 22 heavy (non-hydrogen) atoms. The molecule has 0 spiro atoms. The maximum absolute atomic E-state index is 12.0.